The number of carbonyl (C=O) groups excluding carboxylic acids is 3. The highest BCUT2D eigenvalue weighted by atomic mass is 19.1. The van der Waals surface area contributed by atoms with E-state index in [2.05, 4.69) is 5.32 Å². The Morgan fingerprint density at radius 2 is 1.57 bits per heavy atom. The molecule has 9 heteroatoms. The van der Waals surface area contributed by atoms with Gasteiger partial charge in [0.05, 0.1) is 27.9 Å². The molecule has 0 aromatic heterocycles. The fourth-order valence-corrected chi connectivity index (χ4v) is 2.96. The molecule has 1 heterocycles. The third-order valence-electron chi connectivity index (χ3n) is 4.44. The van der Waals surface area contributed by atoms with Gasteiger partial charge in [0.2, 0.25) is 5.75 Å². The maximum atomic E-state index is 13.1. The van der Waals surface area contributed by atoms with Gasteiger partial charge in [0, 0.05) is 0 Å². The number of nitrogens with one attached hydrogen (secondary N) is 1. The highest BCUT2D eigenvalue weighted by molar-refractivity contribution is 6.31. The molecule has 156 valence electrons. The molecule has 1 saturated heterocycles. The molecule has 1 fully saturated rings. The average Bonchev–Trinajstić information content (AvgIpc) is 2.74. The van der Waals surface area contributed by atoms with E-state index in [1.807, 2.05) is 0 Å². The second-order valence-electron chi connectivity index (χ2n) is 6.29. The molecule has 2 aromatic rings. The maximum Gasteiger partial charge on any atom is 0.331 e. The van der Waals surface area contributed by atoms with Crippen molar-refractivity contribution in [2.75, 3.05) is 21.3 Å². The Hall–Kier alpha value is -3.88. The van der Waals surface area contributed by atoms with Crippen molar-refractivity contribution in [2.24, 2.45) is 0 Å². The van der Waals surface area contributed by atoms with E-state index >= 15 is 0 Å². The van der Waals surface area contributed by atoms with Crippen molar-refractivity contribution in [1.29, 1.82) is 0 Å². The van der Waals surface area contributed by atoms with Crippen LogP contribution in [0.3, 0.4) is 0 Å². The number of carbonyl (C=O) groups is 3. The summed E-state index contributed by atoms with van der Waals surface area (Å²) in [5, 5.41) is 2.14. The Kier molecular flexibility index (Phi) is 6.01. The Bertz CT molecular complexity index is 1010. The molecular weight excluding hydrogens is 395 g/mol. The lowest BCUT2D eigenvalue weighted by Crippen LogP contribution is -2.53. The van der Waals surface area contributed by atoms with Gasteiger partial charge in [-0.2, -0.15) is 0 Å². The third-order valence-corrected chi connectivity index (χ3v) is 4.44. The predicted molar refractivity (Wildman–Crippen MR) is 105 cm³/mol. The van der Waals surface area contributed by atoms with E-state index < -0.39 is 23.7 Å². The van der Waals surface area contributed by atoms with Crippen molar-refractivity contribution in [1.82, 2.24) is 10.2 Å². The van der Waals surface area contributed by atoms with Gasteiger partial charge in [0.1, 0.15) is 11.4 Å². The second-order valence-corrected chi connectivity index (χ2v) is 6.29. The van der Waals surface area contributed by atoms with E-state index in [4.69, 9.17) is 14.2 Å². The fourth-order valence-electron chi connectivity index (χ4n) is 2.96. The molecule has 0 saturated carbocycles. The topological polar surface area (TPSA) is 94.2 Å². The van der Waals surface area contributed by atoms with Gasteiger partial charge < -0.3 is 14.2 Å². The number of imide groups is 2. The molecule has 1 aliphatic rings. The Labute approximate surface area is 171 Å². The highest BCUT2D eigenvalue weighted by Gasteiger charge is 2.35. The van der Waals surface area contributed by atoms with Crippen LogP contribution in [0.5, 0.6) is 17.2 Å². The van der Waals surface area contributed by atoms with E-state index in [0.29, 0.717) is 28.4 Å². The Morgan fingerprint density at radius 3 is 2.10 bits per heavy atom. The summed E-state index contributed by atoms with van der Waals surface area (Å²) in [6.45, 7) is -0.120. The van der Waals surface area contributed by atoms with E-state index in [-0.39, 0.29) is 12.1 Å². The summed E-state index contributed by atoms with van der Waals surface area (Å²) in [6.07, 6.45) is 1.33. The molecule has 8 nitrogen and oxygen atoms in total. The van der Waals surface area contributed by atoms with Crippen LogP contribution in [-0.4, -0.2) is 44.1 Å². The minimum atomic E-state index is -0.851. The average molecular weight is 414 g/mol. The highest BCUT2D eigenvalue weighted by Crippen LogP contribution is 2.38. The van der Waals surface area contributed by atoms with Crippen LogP contribution in [0.1, 0.15) is 11.1 Å². The summed E-state index contributed by atoms with van der Waals surface area (Å²) in [7, 11) is 4.33. The number of methoxy groups -OCH3 is 3. The Morgan fingerprint density at radius 1 is 0.967 bits per heavy atom. The van der Waals surface area contributed by atoms with Crippen molar-refractivity contribution >= 4 is 23.9 Å². The molecule has 2 aromatic carbocycles. The maximum absolute atomic E-state index is 13.1. The number of amides is 4. The van der Waals surface area contributed by atoms with Gasteiger partial charge in [-0.15, -0.1) is 0 Å². The van der Waals surface area contributed by atoms with Gasteiger partial charge in [-0.3, -0.25) is 19.8 Å². The number of barbiturate groups is 1. The van der Waals surface area contributed by atoms with Gasteiger partial charge in [0.15, 0.2) is 11.5 Å². The van der Waals surface area contributed by atoms with Crippen LogP contribution in [-0.2, 0) is 16.1 Å². The molecule has 0 aliphatic carbocycles. The minimum Gasteiger partial charge on any atom is -0.493 e. The number of urea groups is 1. The largest absolute Gasteiger partial charge is 0.493 e. The zero-order valence-corrected chi connectivity index (χ0v) is 16.5. The van der Waals surface area contributed by atoms with Gasteiger partial charge in [0.25, 0.3) is 11.8 Å². The summed E-state index contributed by atoms with van der Waals surface area (Å²) in [4.78, 5) is 38.2. The molecule has 0 bridgehead atoms. The van der Waals surface area contributed by atoms with Crippen molar-refractivity contribution in [3.05, 3.63) is 58.9 Å². The Balaban J connectivity index is 1.97. The summed E-state index contributed by atoms with van der Waals surface area (Å²) < 4.78 is 28.9. The summed E-state index contributed by atoms with van der Waals surface area (Å²) in [5.41, 5.74) is 0.714. The van der Waals surface area contributed by atoms with Crippen LogP contribution in [0.2, 0.25) is 0 Å². The lowest BCUT2D eigenvalue weighted by Gasteiger charge is -2.26. The number of ether oxygens (including phenoxy) is 3. The van der Waals surface area contributed by atoms with Crippen molar-refractivity contribution in [3.8, 4) is 17.2 Å². The van der Waals surface area contributed by atoms with Gasteiger partial charge in [-0.05, 0) is 41.5 Å². The standard InChI is InChI=1S/C21H19FN2O6/c1-28-16-9-13(10-17(29-2)18(16)30-3)8-15-19(25)23-21(27)24(20(15)26)11-12-4-6-14(22)7-5-12/h4-10H,11H2,1-3H3,(H,23,25,27)/b15-8+. The number of halogens is 1. The first-order valence-electron chi connectivity index (χ1n) is 8.81. The van der Waals surface area contributed by atoms with E-state index in [9.17, 15) is 18.8 Å². The number of hydrogen-bond acceptors (Lipinski definition) is 6. The van der Waals surface area contributed by atoms with Crippen LogP contribution in [0.4, 0.5) is 9.18 Å². The monoisotopic (exact) mass is 414 g/mol. The molecule has 3 rings (SSSR count). The fraction of sp³-hybridized carbons (Fsp3) is 0.190. The zero-order valence-electron chi connectivity index (χ0n) is 16.5. The molecule has 0 radical (unpaired) electrons. The number of hydrogen-bond donors (Lipinski definition) is 1. The van der Waals surface area contributed by atoms with Crippen LogP contribution in [0.15, 0.2) is 42.0 Å². The van der Waals surface area contributed by atoms with E-state index in [1.165, 1.54) is 51.7 Å². The third kappa shape index (κ3) is 4.09. The molecule has 4 amide bonds. The minimum absolute atomic E-state index is 0.120. The normalized spacial score (nSPS) is 15.3. The van der Waals surface area contributed by atoms with Crippen molar-refractivity contribution < 1.29 is 33.0 Å². The molecule has 30 heavy (non-hydrogen) atoms. The van der Waals surface area contributed by atoms with E-state index in [0.717, 1.165) is 4.90 Å². The number of nitrogens with zero attached hydrogens (tertiary/aromatic N) is 1. The van der Waals surface area contributed by atoms with E-state index in [1.54, 1.807) is 12.1 Å². The lowest BCUT2D eigenvalue weighted by molar-refractivity contribution is -0.130. The smallest absolute Gasteiger partial charge is 0.331 e. The van der Waals surface area contributed by atoms with Crippen LogP contribution >= 0.6 is 0 Å². The SMILES string of the molecule is COc1cc(/C=C2\C(=O)NC(=O)N(Cc3ccc(F)cc3)C2=O)cc(OC)c1OC. The molecule has 1 aliphatic heterocycles. The lowest BCUT2D eigenvalue weighted by atomic mass is 10.1. The summed E-state index contributed by atoms with van der Waals surface area (Å²) >= 11 is 0. The van der Waals surface area contributed by atoms with Gasteiger partial charge in [-0.25, -0.2) is 9.18 Å². The first kappa shape index (κ1) is 20.8. The van der Waals surface area contributed by atoms with Gasteiger partial charge >= 0.3 is 6.03 Å². The molecular formula is C21H19FN2O6. The predicted octanol–water partition coefficient (Wildman–Crippen LogP) is 2.51. The molecule has 0 unspecified atom stereocenters. The van der Waals surface area contributed by atoms with Crippen molar-refractivity contribution in [3.63, 3.8) is 0 Å². The first-order valence-corrected chi connectivity index (χ1v) is 8.81. The summed E-state index contributed by atoms with van der Waals surface area (Å²) in [6, 6.07) is 7.63. The molecule has 0 atom stereocenters. The van der Waals surface area contributed by atoms with Crippen LogP contribution in [0.25, 0.3) is 6.08 Å². The zero-order chi connectivity index (χ0) is 21.8. The molecule has 0 spiro atoms. The number of rotatable bonds is 6. The van der Waals surface area contributed by atoms with Crippen LogP contribution < -0.4 is 19.5 Å². The first-order chi connectivity index (χ1) is 14.4. The summed E-state index contributed by atoms with van der Waals surface area (Å²) in [5.74, 6) is -1.00. The van der Waals surface area contributed by atoms with Crippen LogP contribution in [0, 0.1) is 5.82 Å². The van der Waals surface area contributed by atoms with Gasteiger partial charge in [-0.1, -0.05) is 12.1 Å². The van der Waals surface area contributed by atoms with Crippen molar-refractivity contribution in [2.45, 2.75) is 6.54 Å². The number of benzene rings is 2. The molecule has 1 N–H and O–H groups in total. The second kappa shape index (κ2) is 8.64. The quantitative estimate of drug-likeness (QED) is 0.577.